The van der Waals surface area contributed by atoms with Gasteiger partial charge in [-0.2, -0.15) is 0 Å². The molecule has 0 amide bonds. The molecule has 4 N–H and O–H groups in total. The minimum atomic E-state index is -0.177. The van der Waals surface area contributed by atoms with Gasteiger partial charge in [0.1, 0.15) is 17.4 Å². The van der Waals surface area contributed by atoms with Crippen molar-refractivity contribution in [3.05, 3.63) is 46.0 Å². The van der Waals surface area contributed by atoms with E-state index >= 15 is 0 Å². The second-order valence-corrected chi connectivity index (χ2v) is 4.15. The number of benzene rings is 1. The van der Waals surface area contributed by atoms with Gasteiger partial charge in [0.25, 0.3) is 5.56 Å². The predicted octanol–water partition coefficient (Wildman–Crippen LogP) is 1.28. The Labute approximate surface area is 110 Å². The Morgan fingerprint density at radius 1 is 1.42 bits per heavy atom. The van der Waals surface area contributed by atoms with Crippen LogP contribution in [0, 0.1) is 6.92 Å². The van der Waals surface area contributed by atoms with Gasteiger partial charge >= 0.3 is 0 Å². The molecule has 0 bridgehead atoms. The molecule has 0 radical (unpaired) electrons. The van der Waals surface area contributed by atoms with Gasteiger partial charge in [-0.3, -0.25) is 4.79 Å². The number of rotatable bonds is 4. The van der Waals surface area contributed by atoms with Gasteiger partial charge in [-0.1, -0.05) is 6.07 Å². The summed E-state index contributed by atoms with van der Waals surface area (Å²) >= 11 is 0. The average Bonchev–Trinajstić information content (AvgIpc) is 2.35. The minimum absolute atomic E-state index is 0.177. The second kappa shape index (κ2) is 5.43. The molecule has 1 aromatic heterocycles. The first-order valence-electron chi connectivity index (χ1n) is 5.82. The Morgan fingerprint density at radius 3 is 2.84 bits per heavy atom. The molecule has 19 heavy (non-hydrogen) atoms. The number of hydrogen-bond acceptors (Lipinski definition) is 5. The molecule has 0 spiro atoms. The highest BCUT2D eigenvalue weighted by Crippen LogP contribution is 2.22. The number of aryl methyl sites for hydroxylation is 1. The Hall–Kier alpha value is -2.50. The summed E-state index contributed by atoms with van der Waals surface area (Å²) < 4.78 is 5.09. The standard InChI is InChI=1S/C13H16N4O2/c1-8-16-12(6-13(18)17-8)15-7-9-3-4-11(19-2)10(14)5-9/h3-6H,7,14H2,1-2H3,(H2,15,16,17,18). The molecule has 0 unspecified atom stereocenters. The van der Waals surface area contributed by atoms with Gasteiger partial charge in [0, 0.05) is 12.6 Å². The van der Waals surface area contributed by atoms with Crippen molar-refractivity contribution in [2.75, 3.05) is 18.2 Å². The number of aromatic amines is 1. The average molecular weight is 260 g/mol. The number of anilines is 2. The molecular formula is C13H16N4O2. The summed E-state index contributed by atoms with van der Waals surface area (Å²) in [6.45, 7) is 2.27. The number of nitrogen functional groups attached to an aromatic ring is 1. The SMILES string of the molecule is COc1ccc(CNc2cc(=O)[nH]c(C)n2)cc1N. The van der Waals surface area contributed by atoms with Crippen molar-refractivity contribution in [2.45, 2.75) is 13.5 Å². The number of hydrogen-bond donors (Lipinski definition) is 3. The zero-order chi connectivity index (χ0) is 13.8. The third-order valence-electron chi connectivity index (χ3n) is 2.63. The Bertz CT molecular complexity index is 637. The largest absolute Gasteiger partial charge is 0.495 e. The molecule has 6 nitrogen and oxygen atoms in total. The van der Waals surface area contributed by atoms with Crippen LogP contribution in [0.15, 0.2) is 29.1 Å². The van der Waals surface area contributed by atoms with Crippen molar-refractivity contribution in [1.82, 2.24) is 9.97 Å². The van der Waals surface area contributed by atoms with E-state index in [2.05, 4.69) is 15.3 Å². The number of methoxy groups -OCH3 is 1. The molecule has 0 aliphatic rings. The highest BCUT2D eigenvalue weighted by Gasteiger charge is 2.02. The van der Waals surface area contributed by atoms with Crippen molar-refractivity contribution in [2.24, 2.45) is 0 Å². The lowest BCUT2D eigenvalue weighted by atomic mass is 10.2. The number of nitrogens with two attached hydrogens (primary N) is 1. The molecule has 0 saturated carbocycles. The predicted molar refractivity (Wildman–Crippen MR) is 74.3 cm³/mol. The summed E-state index contributed by atoms with van der Waals surface area (Å²) in [5, 5.41) is 3.08. The van der Waals surface area contributed by atoms with E-state index in [0.29, 0.717) is 29.6 Å². The van der Waals surface area contributed by atoms with Crippen LogP contribution in [0.4, 0.5) is 11.5 Å². The fourth-order valence-corrected chi connectivity index (χ4v) is 1.76. The fourth-order valence-electron chi connectivity index (χ4n) is 1.76. The van der Waals surface area contributed by atoms with Gasteiger partial charge in [0.05, 0.1) is 12.8 Å². The van der Waals surface area contributed by atoms with E-state index in [1.165, 1.54) is 6.07 Å². The molecule has 2 aromatic rings. The van der Waals surface area contributed by atoms with Crippen LogP contribution >= 0.6 is 0 Å². The van der Waals surface area contributed by atoms with E-state index in [1.807, 2.05) is 18.2 Å². The summed E-state index contributed by atoms with van der Waals surface area (Å²) in [4.78, 5) is 18.1. The fraction of sp³-hybridized carbons (Fsp3) is 0.231. The van der Waals surface area contributed by atoms with Crippen LogP contribution in [-0.4, -0.2) is 17.1 Å². The van der Waals surface area contributed by atoms with E-state index in [4.69, 9.17) is 10.5 Å². The van der Waals surface area contributed by atoms with Gasteiger partial charge in [0.15, 0.2) is 0 Å². The highest BCUT2D eigenvalue weighted by atomic mass is 16.5. The number of nitrogens with one attached hydrogen (secondary N) is 2. The third kappa shape index (κ3) is 3.25. The number of ether oxygens (including phenoxy) is 1. The highest BCUT2D eigenvalue weighted by molar-refractivity contribution is 5.54. The van der Waals surface area contributed by atoms with E-state index in [-0.39, 0.29) is 5.56 Å². The zero-order valence-electron chi connectivity index (χ0n) is 10.9. The van der Waals surface area contributed by atoms with Gasteiger partial charge in [0.2, 0.25) is 0 Å². The molecule has 0 saturated heterocycles. The smallest absolute Gasteiger partial charge is 0.252 e. The summed E-state index contributed by atoms with van der Waals surface area (Å²) in [5.74, 6) is 1.76. The maximum Gasteiger partial charge on any atom is 0.252 e. The number of H-pyrrole nitrogens is 1. The lowest BCUT2D eigenvalue weighted by Crippen LogP contribution is -2.11. The first kappa shape index (κ1) is 12.9. The van der Waals surface area contributed by atoms with Crippen molar-refractivity contribution in [3.8, 4) is 5.75 Å². The summed E-state index contributed by atoms with van der Waals surface area (Å²) in [6.07, 6.45) is 0. The van der Waals surface area contributed by atoms with Crippen molar-refractivity contribution < 1.29 is 4.74 Å². The number of aromatic nitrogens is 2. The van der Waals surface area contributed by atoms with Crippen molar-refractivity contribution >= 4 is 11.5 Å². The van der Waals surface area contributed by atoms with Gasteiger partial charge < -0.3 is 20.8 Å². The molecule has 1 aromatic carbocycles. The topological polar surface area (TPSA) is 93.0 Å². The van der Waals surface area contributed by atoms with E-state index in [0.717, 1.165) is 5.56 Å². The quantitative estimate of drug-likeness (QED) is 0.720. The Balaban J connectivity index is 2.10. The second-order valence-electron chi connectivity index (χ2n) is 4.15. The van der Waals surface area contributed by atoms with Crippen LogP contribution in [0.25, 0.3) is 0 Å². The molecule has 0 aliphatic heterocycles. The van der Waals surface area contributed by atoms with Crippen LogP contribution in [0.2, 0.25) is 0 Å². The normalized spacial score (nSPS) is 10.2. The van der Waals surface area contributed by atoms with Crippen molar-refractivity contribution in [3.63, 3.8) is 0 Å². The van der Waals surface area contributed by atoms with Crippen LogP contribution in [0.5, 0.6) is 5.75 Å². The van der Waals surface area contributed by atoms with E-state index < -0.39 is 0 Å². The van der Waals surface area contributed by atoms with Gasteiger partial charge in [-0.15, -0.1) is 0 Å². The number of nitrogens with zero attached hydrogens (tertiary/aromatic N) is 1. The first-order chi connectivity index (χ1) is 9.08. The molecule has 1 heterocycles. The first-order valence-corrected chi connectivity index (χ1v) is 5.82. The summed E-state index contributed by atoms with van der Waals surface area (Å²) in [7, 11) is 1.58. The maximum absolute atomic E-state index is 11.3. The zero-order valence-corrected chi connectivity index (χ0v) is 10.9. The van der Waals surface area contributed by atoms with Crippen LogP contribution in [0.3, 0.4) is 0 Å². The Morgan fingerprint density at radius 2 is 2.21 bits per heavy atom. The lowest BCUT2D eigenvalue weighted by Gasteiger charge is -2.09. The lowest BCUT2D eigenvalue weighted by molar-refractivity contribution is 0.417. The molecule has 0 aliphatic carbocycles. The molecule has 6 heteroatoms. The summed E-state index contributed by atoms with van der Waals surface area (Å²) in [6, 6.07) is 6.96. The minimum Gasteiger partial charge on any atom is -0.495 e. The van der Waals surface area contributed by atoms with E-state index in [1.54, 1.807) is 14.0 Å². The van der Waals surface area contributed by atoms with Crippen molar-refractivity contribution in [1.29, 1.82) is 0 Å². The van der Waals surface area contributed by atoms with Gasteiger partial charge in [-0.05, 0) is 24.6 Å². The van der Waals surface area contributed by atoms with Gasteiger partial charge in [-0.25, -0.2) is 4.98 Å². The molecular weight excluding hydrogens is 244 g/mol. The molecule has 100 valence electrons. The van der Waals surface area contributed by atoms with E-state index in [9.17, 15) is 4.79 Å². The third-order valence-corrected chi connectivity index (χ3v) is 2.63. The molecule has 0 atom stereocenters. The molecule has 2 rings (SSSR count). The van der Waals surface area contributed by atoms with Crippen LogP contribution in [0.1, 0.15) is 11.4 Å². The van der Waals surface area contributed by atoms with Crippen LogP contribution in [-0.2, 0) is 6.54 Å². The van der Waals surface area contributed by atoms with Crippen LogP contribution < -0.4 is 21.3 Å². The Kier molecular flexibility index (Phi) is 3.70. The summed E-state index contributed by atoms with van der Waals surface area (Å²) in [5.41, 5.74) is 7.21. The monoisotopic (exact) mass is 260 g/mol. The molecule has 0 fully saturated rings. The maximum atomic E-state index is 11.3.